The van der Waals surface area contributed by atoms with Gasteiger partial charge in [0.1, 0.15) is 5.75 Å². The molecule has 3 aromatic rings. The van der Waals surface area contributed by atoms with Crippen LogP contribution in [0.15, 0.2) is 60.8 Å². The van der Waals surface area contributed by atoms with Crippen LogP contribution in [0, 0.1) is 0 Å². The maximum Gasteiger partial charge on any atom is 0.121 e. The summed E-state index contributed by atoms with van der Waals surface area (Å²) in [6.07, 6.45) is 5.93. The fraction of sp³-hybridized carbons (Fsp3) is 0.333. The molecule has 0 atom stereocenters. The van der Waals surface area contributed by atoms with Gasteiger partial charge >= 0.3 is 0 Å². The van der Waals surface area contributed by atoms with Crippen molar-refractivity contribution >= 4 is 10.9 Å². The number of hydrogen-bond donors (Lipinski definition) is 0. The molecule has 0 N–H and O–H groups in total. The highest BCUT2D eigenvalue weighted by molar-refractivity contribution is 5.81. The molecule has 1 aromatic heterocycles. The fourth-order valence-corrected chi connectivity index (χ4v) is 3.52. The standard InChI is InChI=1S/C21H24N2O/c1-2-10-21-18(7-1)11-15-23(21)19-8-5-9-20(17-19)24-16-6-14-22-12-3-4-13-22/h1-2,5,7-11,15,17H,3-4,6,12-14,16H2. The van der Waals surface area contributed by atoms with E-state index in [1.54, 1.807) is 0 Å². The Morgan fingerprint density at radius 2 is 1.79 bits per heavy atom. The Morgan fingerprint density at radius 1 is 0.917 bits per heavy atom. The average molecular weight is 320 g/mol. The highest BCUT2D eigenvalue weighted by atomic mass is 16.5. The quantitative estimate of drug-likeness (QED) is 0.622. The molecule has 3 heteroatoms. The van der Waals surface area contributed by atoms with E-state index in [1.165, 1.54) is 36.8 Å². The highest BCUT2D eigenvalue weighted by Crippen LogP contribution is 2.23. The van der Waals surface area contributed by atoms with Crippen LogP contribution >= 0.6 is 0 Å². The largest absolute Gasteiger partial charge is 0.493 e. The number of hydrogen-bond acceptors (Lipinski definition) is 2. The van der Waals surface area contributed by atoms with Crippen molar-refractivity contribution in [2.24, 2.45) is 0 Å². The topological polar surface area (TPSA) is 17.4 Å². The summed E-state index contributed by atoms with van der Waals surface area (Å²) in [6, 6.07) is 19.0. The van der Waals surface area contributed by atoms with E-state index < -0.39 is 0 Å². The molecule has 4 rings (SSSR count). The van der Waals surface area contributed by atoms with Crippen LogP contribution in [-0.2, 0) is 0 Å². The Kier molecular flexibility index (Phi) is 4.52. The monoisotopic (exact) mass is 320 g/mol. The first-order valence-electron chi connectivity index (χ1n) is 8.92. The Morgan fingerprint density at radius 3 is 2.71 bits per heavy atom. The van der Waals surface area contributed by atoms with Gasteiger partial charge in [0.2, 0.25) is 0 Å². The number of nitrogens with zero attached hydrogens (tertiary/aromatic N) is 2. The van der Waals surface area contributed by atoms with Crippen LogP contribution in [0.4, 0.5) is 0 Å². The molecule has 0 saturated carbocycles. The van der Waals surface area contributed by atoms with Gasteiger partial charge in [-0.1, -0.05) is 24.3 Å². The van der Waals surface area contributed by atoms with Crippen molar-refractivity contribution in [2.45, 2.75) is 19.3 Å². The van der Waals surface area contributed by atoms with Gasteiger partial charge in [-0.3, -0.25) is 0 Å². The number of likely N-dealkylation sites (tertiary alicyclic amines) is 1. The van der Waals surface area contributed by atoms with Gasteiger partial charge < -0.3 is 14.2 Å². The summed E-state index contributed by atoms with van der Waals surface area (Å²) in [5.41, 5.74) is 2.37. The lowest BCUT2D eigenvalue weighted by molar-refractivity contribution is 0.263. The van der Waals surface area contributed by atoms with Crippen LogP contribution in [-0.4, -0.2) is 35.7 Å². The maximum absolute atomic E-state index is 5.98. The van der Waals surface area contributed by atoms with Crippen LogP contribution in [0.25, 0.3) is 16.6 Å². The molecule has 1 saturated heterocycles. The van der Waals surface area contributed by atoms with Crippen LogP contribution in [0.5, 0.6) is 5.75 Å². The molecule has 0 unspecified atom stereocenters. The first-order chi connectivity index (χ1) is 11.9. The fourth-order valence-electron chi connectivity index (χ4n) is 3.52. The lowest BCUT2D eigenvalue weighted by Gasteiger charge is -2.15. The molecule has 2 aromatic carbocycles. The zero-order valence-electron chi connectivity index (χ0n) is 14.0. The number of rotatable bonds is 6. The van der Waals surface area contributed by atoms with Crippen molar-refractivity contribution in [1.82, 2.24) is 9.47 Å². The van der Waals surface area contributed by atoms with Gasteiger partial charge in [0.25, 0.3) is 0 Å². The molecule has 1 fully saturated rings. The molecule has 0 aliphatic carbocycles. The minimum Gasteiger partial charge on any atom is -0.493 e. The minimum absolute atomic E-state index is 0.784. The number of benzene rings is 2. The number of ether oxygens (including phenoxy) is 1. The van der Waals surface area contributed by atoms with Gasteiger partial charge in [0, 0.05) is 24.5 Å². The lowest BCUT2D eigenvalue weighted by atomic mass is 10.2. The van der Waals surface area contributed by atoms with Gasteiger partial charge in [0.05, 0.1) is 12.1 Å². The number of fused-ring (bicyclic) bond motifs is 1. The number of para-hydroxylation sites is 1. The smallest absolute Gasteiger partial charge is 0.121 e. The summed E-state index contributed by atoms with van der Waals surface area (Å²) in [4.78, 5) is 2.53. The Labute approximate surface area is 143 Å². The van der Waals surface area contributed by atoms with Crippen LogP contribution in [0.2, 0.25) is 0 Å². The molecule has 0 spiro atoms. The van der Waals surface area contributed by atoms with Crippen LogP contribution in [0.3, 0.4) is 0 Å². The second kappa shape index (κ2) is 7.10. The van der Waals surface area contributed by atoms with Gasteiger partial charge in [-0.15, -0.1) is 0 Å². The third kappa shape index (κ3) is 3.31. The Balaban J connectivity index is 1.41. The summed E-state index contributed by atoms with van der Waals surface area (Å²) in [7, 11) is 0. The predicted molar refractivity (Wildman–Crippen MR) is 99.1 cm³/mol. The molecule has 2 heterocycles. The second-order valence-corrected chi connectivity index (χ2v) is 6.49. The summed E-state index contributed by atoms with van der Waals surface area (Å²) in [5.74, 6) is 0.951. The van der Waals surface area contributed by atoms with Crippen molar-refractivity contribution < 1.29 is 4.74 Å². The normalized spacial score (nSPS) is 15.2. The van der Waals surface area contributed by atoms with Crippen molar-refractivity contribution in [3.05, 3.63) is 60.8 Å². The van der Waals surface area contributed by atoms with Gasteiger partial charge in [-0.05, 0) is 62.0 Å². The molecule has 1 aliphatic rings. The molecule has 0 radical (unpaired) electrons. The van der Waals surface area contributed by atoms with Crippen molar-refractivity contribution in [2.75, 3.05) is 26.2 Å². The highest BCUT2D eigenvalue weighted by Gasteiger charge is 2.10. The summed E-state index contributed by atoms with van der Waals surface area (Å²) < 4.78 is 8.19. The molecule has 0 bridgehead atoms. The summed E-state index contributed by atoms with van der Waals surface area (Å²) in [5, 5.41) is 1.26. The third-order valence-electron chi connectivity index (χ3n) is 4.78. The van der Waals surface area contributed by atoms with E-state index in [-0.39, 0.29) is 0 Å². The molecule has 1 aliphatic heterocycles. The van der Waals surface area contributed by atoms with E-state index in [9.17, 15) is 0 Å². The van der Waals surface area contributed by atoms with E-state index >= 15 is 0 Å². The summed E-state index contributed by atoms with van der Waals surface area (Å²) >= 11 is 0. The van der Waals surface area contributed by atoms with Gasteiger partial charge in [-0.25, -0.2) is 0 Å². The summed E-state index contributed by atoms with van der Waals surface area (Å²) in [6.45, 7) is 4.46. The van der Waals surface area contributed by atoms with E-state index in [4.69, 9.17) is 4.74 Å². The molecular formula is C21H24N2O. The van der Waals surface area contributed by atoms with Crippen molar-refractivity contribution in [3.63, 3.8) is 0 Å². The van der Waals surface area contributed by atoms with E-state index in [0.717, 1.165) is 31.0 Å². The van der Waals surface area contributed by atoms with E-state index in [0.29, 0.717) is 0 Å². The van der Waals surface area contributed by atoms with E-state index in [2.05, 4.69) is 64.2 Å². The predicted octanol–water partition coefficient (Wildman–Crippen LogP) is 4.50. The molecule has 0 amide bonds. The van der Waals surface area contributed by atoms with Crippen LogP contribution < -0.4 is 4.74 Å². The number of aromatic nitrogens is 1. The third-order valence-corrected chi connectivity index (χ3v) is 4.78. The average Bonchev–Trinajstić information content (AvgIpc) is 3.28. The first-order valence-corrected chi connectivity index (χ1v) is 8.92. The van der Waals surface area contributed by atoms with Crippen LogP contribution in [0.1, 0.15) is 19.3 Å². The Hall–Kier alpha value is -2.26. The Bertz CT molecular complexity index is 802. The van der Waals surface area contributed by atoms with E-state index in [1.807, 2.05) is 6.07 Å². The SMILES string of the molecule is c1cc(OCCCN2CCCC2)cc(-n2ccc3ccccc32)c1. The van der Waals surface area contributed by atoms with Crippen molar-refractivity contribution in [3.8, 4) is 11.4 Å². The zero-order valence-corrected chi connectivity index (χ0v) is 14.0. The second-order valence-electron chi connectivity index (χ2n) is 6.49. The minimum atomic E-state index is 0.784. The van der Waals surface area contributed by atoms with Gasteiger partial charge in [0.15, 0.2) is 0 Å². The molecule has 124 valence electrons. The molecular weight excluding hydrogens is 296 g/mol. The molecule has 3 nitrogen and oxygen atoms in total. The van der Waals surface area contributed by atoms with Crippen molar-refractivity contribution in [1.29, 1.82) is 0 Å². The molecule has 24 heavy (non-hydrogen) atoms. The lowest BCUT2D eigenvalue weighted by Crippen LogP contribution is -2.21. The first kappa shape index (κ1) is 15.3. The van der Waals surface area contributed by atoms with Gasteiger partial charge in [-0.2, -0.15) is 0 Å². The zero-order chi connectivity index (χ0) is 16.2. The maximum atomic E-state index is 5.98.